The zero-order valence-corrected chi connectivity index (χ0v) is 9.92. The first-order valence-corrected chi connectivity index (χ1v) is 5.92. The molecule has 0 heterocycles. The van der Waals surface area contributed by atoms with Crippen LogP contribution in [0.25, 0.3) is 0 Å². The van der Waals surface area contributed by atoms with Gasteiger partial charge in [0.15, 0.2) is 5.78 Å². The van der Waals surface area contributed by atoms with Crippen molar-refractivity contribution in [3.8, 4) is 0 Å². The van der Waals surface area contributed by atoms with Gasteiger partial charge in [-0.3, -0.25) is 4.79 Å². The Morgan fingerprint density at radius 3 is 2.53 bits per heavy atom. The van der Waals surface area contributed by atoms with Crippen LogP contribution in [0.3, 0.4) is 0 Å². The summed E-state index contributed by atoms with van der Waals surface area (Å²) in [5.74, 6) is 0.271. The highest BCUT2D eigenvalue weighted by Crippen LogP contribution is 2.29. The number of carbonyl (C=O) groups excluding carboxylic acids is 1. The molecule has 0 spiro atoms. The van der Waals surface area contributed by atoms with E-state index in [1.54, 1.807) is 7.11 Å². The molecule has 0 saturated heterocycles. The third kappa shape index (κ3) is 3.28. The van der Waals surface area contributed by atoms with Crippen LogP contribution < -0.4 is 5.73 Å². The highest BCUT2D eigenvalue weighted by molar-refractivity contribution is 5.90. The Kier molecular flexibility index (Phi) is 4.74. The van der Waals surface area contributed by atoms with E-state index in [4.69, 9.17) is 10.5 Å². The fraction of sp³-hybridized carbons (Fsp3) is 0.917. The van der Waals surface area contributed by atoms with Gasteiger partial charge in [-0.25, -0.2) is 0 Å². The van der Waals surface area contributed by atoms with E-state index in [9.17, 15) is 4.79 Å². The quantitative estimate of drug-likeness (QED) is 0.758. The minimum absolute atomic E-state index is 0.0352. The van der Waals surface area contributed by atoms with Crippen molar-refractivity contribution < 1.29 is 9.53 Å². The van der Waals surface area contributed by atoms with Crippen LogP contribution in [0, 0.1) is 5.92 Å². The average Bonchev–Trinajstić information content (AvgIpc) is 2.26. The molecule has 1 rings (SSSR count). The lowest BCUT2D eigenvalue weighted by molar-refractivity contribution is -0.129. The monoisotopic (exact) mass is 213 g/mol. The van der Waals surface area contributed by atoms with Gasteiger partial charge in [0, 0.05) is 19.6 Å². The lowest BCUT2D eigenvalue weighted by Crippen LogP contribution is -2.51. The maximum absolute atomic E-state index is 12.1. The van der Waals surface area contributed by atoms with Crippen molar-refractivity contribution >= 4 is 5.78 Å². The molecule has 0 aromatic rings. The van der Waals surface area contributed by atoms with Crippen molar-refractivity contribution in [3.63, 3.8) is 0 Å². The molecule has 15 heavy (non-hydrogen) atoms. The van der Waals surface area contributed by atoms with Gasteiger partial charge in [-0.15, -0.1) is 0 Å². The van der Waals surface area contributed by atoms with Crippen LogP contribution in [0.15, 0.2) is 0 Å². The van der Waals surface area contributed by atoms with Crippen LogP contribution in [0.5, 0.6) is 0 Å². The molecule has 2 N–H and O–H groups in total. The Balaban J connectivity index is 2.49. The molecule has 0 radical (unpaired) electrons. The topological polar surface area (TPSA) is 52.3 Å². The van der Waals surface area contributed by atoms with E-state index in [1.807, 2.05) is 6.92 Å². The van der Waals surface area contributed by atoms with Crippen LogP contribution in [0.2, 0.25) is 0 Å². The van der Waals surface area contributed by atoms with Gasteiger partial charge in [-0.2, -0.15) is 0 Å². The van der Waals surface area contributed by atoms with E-state index in [-0.39, 0.29) is 11.7 Å². The smallest absolute Gasteiger partial charge is 0.155 e. The molecule has 88 valence electrons. The van der Waals surface area contributed by atoms with Crippen molar-refractivity contribution in [1.29, 1.82) is 0 Å². The van der Waals surface area contributed by atoms with E-state index < -0.39 is 5.54 Å². The van der Waals surface area contributed by atoms with Gasteiger partial charge in [0.05, 0.1) is 5.54 Å². The first kappa shape index (κ1) is 12.7. The van der Waals surface area contributed by atoms with Crippen LogP contribution in [0.4, 0.5) is 0 Å². The van der Waals surface area contributed by atoms with Crippen molar-refractivity contribution in [2.45, 2.75) is 51.0 Å². The van der Waals surface area contributed by atoms with Gasteiger partial charge in [0.2, 0.25) is 0 Å². The predicted octanol–water partition coefficient (Wildman–Crippen LogP) is 1.89. The molecule has 1 unspecified atom stereocenters. The number of hydrogen-bond donors (Lipinski definition) is 1. The summed E-state index contributed by atoms with van der Waals surface area (Å²) in [5, 5.41) is 0. The summed E-state index contributed by atoms with van der Waals surface area (Å²) in [6, 6.07) is 0. The third-order valence-electron chi connectivity index (χ3n) is 3.44. The standard InChI is InChI=1S/C12H23NO2/c1-10(6-9-15-2)11(14)12(13)7-4-3-5-8-12/h10H,3-9,13H2,1-2H3. The molecule has 1 atom stereocenters. The molecule has 3 heteroatoms. The summed E-state index contributed by atoms with van der Waals surface area (Å²) in [7, 11) is 1.66. The molecular weight excluding hydrogens is 190 g/mol. The van der Waals surface area contributed by atoms with E-state index in [0.717, 1.165) is 32.1 Å². The van der Waals surface area contributed by atoms with Gasteiger partial charge in [0.25, 0.3) is 0 Å². The van der Waals surface area contributed by atoms with Gasteiger partial charge in [0.1, 0.15) is 0 Å². The number of hydrogen-bond acceptors (Lipinski definition) is 3. The molecule has 1 aliphatic rings. The second kappa shape index (κ2) is 5.61. The molecule has 3 nitrogen and oxygen atoms in total. The molecular formula is C12H23NO2. The number of rotatable bonds is 5. The summed E-state index contributed by atoms with van der Waals surface area (Å²) in [4.78, 5) is 12.1. The van der Waals surface area contributed by atoms with Crippen LogP contribution in [-0.2, 0) is 9.53 Å². The first-order valence-electron chi connectivity index (χ1n) is 5.92. The maximum Gasteiger partial charge on any atom is 0.155 e. The zero-order valence-electron chi connectivity index (χ0n) is 9.92. The van der Waals surface area contributed by atoms with E-state index in [2.05, 4.69) is 0 Å². The lowest BCUT2D eigenvalue weighted by Gasteiger charge is -2.34. The molecule has 1 saturated carbocycles. The highest BCUT2D eigenvalue weighted by atomic mass is 16.5. The molecule has 1 fully saturated rings. The van der Waals surface area contributed by atoms with Crippen LogP contribution in [0.1, 0.15) is 45.4 Å². The predicted molar refractivity (Wildman–Crippen MR) is 60.7 cm³/mol. The number of Topliss-reactive ketones (excluding diaryl/α,β-unsaturated/α-hetero) is 1. The maximum atomic E-state index is 12.1. The SMILES string of the molecule is COCCC(C)C(=O)C1(N)CCCCC1. The molecule has 0 bridgehead atoms. The molecule has 0 aromatic carbocycles. The Morgan fingerprint density at radius 2 is 2.00 bits per heavy atom. The van der Waals surface area contributed by atoms with Crippen molar-refractivity contribution in [2.75, 3.05) is 13.7 Å². The minimum Gasteiger partial charge on any atom is -0.385 e. The number of ether oxygens (including phenoxy) is 1. The van der Waals surface area contributed by atoms with Gasteiger partial charge >= 0.3 is 0 Å². The molecule has 0 amide bonds. The Labute approximate surface area is 92.4 Å². The lowest BCUT2D eigenvalue weighted by atomic mass is 9.75. The number of methoxy groups -OCH3 is 1. The first-order chi connectivity index (χ1) is 7.10. The van der Waals surface area contributed by atoms with Crippen LogP contribution in [-0.4, -0.2) is 25.0 Å². The minimum atomic E-state index is -0.536. The Morgan fingerprint density at radius 1 is 1.40 bits per heavy atom. The summed E-state index contributed by atoms with van der Waals surface area (Å²) in [6.07, 6.45) is 5.93. The average molecular weight is 213 g/mol. The normalized spacial score (nSPS) is 22.3. The van der Waals surface area contributed by atoms with E-state index >= 15 is 0 Å². The number of ketones is 1. The fourth-order valence-corrected chi connectivity index (χ4v) is 2.35. The zero-order chi connectivity index (χ0) is 11.3. The Bertz CT molecular complexity index is 210. The molecule has 1 aliphatic carbocycles. The number of carbonyl (C=O) groups is 1. The summed E-state index contributed by atoms with van der Waals surface area (Å²) < 4.78 is 4.99. The summed E-state index contributed by atoms with van der Waals surface area (Å²) >= 11 is 0. The summed E-state index contributed by atoms with van der Waals surface area (Å²) in [6.45, 7) is 2.60. The van der Waals surface area contributed by atoms with Gasteiger partial charge < -0.3 is 10.5 Å². The van der Waals surface area contributed by atoms with Crippen LogP contribution >= 0.6 is 0 Å². The molecule has 0 aromatic heterocycles. The largest absolute Gasteiger partial charge is 0.385 e. The number of nitrogens with two attached hydrogens (primary N) is 1. The van der Waals surface area contributed by atoms with E-state index in [0.29, 0.717) is 6.61 Å². The summed E-state index contributed by atoms with van der Waals surface area (Å²) in [5.41, 5.74) is 5.65. The highest BCUT2D eigenvalue weighted by Gasteiger charge is 2.37. The third-order valence-corrected chi connectivity index (χ3v) is 3.44. The molecule has 0 aliphatic heterocycles. The second-order valence-electron chi connectivity index (χ2n) is 4.76. The fourth-order valence-electron chi connectivity index (χ4n) is 2.35. The van der Waals surface area contributed by atoms with Gasteiger partial charge in [-0.05, 0) is 19.3 Å². The van der Waals surface area contributed by atoms with E-state index in [1.165, 1.54) is 6.42 Å². The Hall–Kier alpha value is -0.410. The van der Waals surface area contributed by atoms with Crippen molar-refractivity contribution in [3.05, 3.63) is 0 Å². The second-order valence-corrected chi connectivity index (χ2v) is 4.76. The van der Waals surface area contributed by atoms with Crippen molar-refractivity contribution in [2.24, 2.45) is 11.7 Å². The van der Waals surface area contributed by atoms with Gasteiger partial charge in [-0.1, -0.05) is 26.2 Å². The van der Waals surface area contributed by atoms with Crippen molar-refractivity contribution in [1.82, 2.24) is 0 Å².